The van der Waals surface area contributed by atoms with Crippen molar-refractivity contribution < 1.29 is 4.74 Å². The summed E-state index contributed by atoms with van der Waals surface area (Å²) in [6.07, 6.45) is 5.67. The molecule has 1 aromatic rings. The second-order valence-corrected chi connectivity index (χ2v) is 6.79. The van der Waals surface area contributed by atoms with E-state index in [1.54, 1.807) is 0 Å². The smallest absolute Gasteiger partial charge is 0.0925 e. The van der Waals surface area contributed by atoms with Crippen molar-refractivity contribution in [2.24, 2.45) is 5.92 Å². The van der Waals surface area contributed by atoms with E-state index in [-0.39, 0.29) is 6.10 Å². The van der Waals surface area contributed by atoms with E-state index in [4.69, 9.17) is 4.74 Å². The molecule has 1 nitrogen and oxygen atoms in total. The summed E-state index contributed by atoms with van der Waals surface area (Å²) in [5.41, 5.74) is 1.25. The molecule has 3 atom stereocenters. The van der Waals surface area contributed by atoms with Crippen LogP contribution in [0.1, 0.15) is 44.3 Å². The molecule has 0 amide bonds. The Hall–Kier alpha value is 0.140. The molecule has 1 aromatic carbocycles. The molecule has 18 heavy (non-hydrogen) atoms. The molecular formula is C15H20Br2O. The van der Waals surface area contributed by atoms with Crippen LogP contribution in [0.25, 0.3) is 0 Å². The Morgan fingerprint density at radius 1 is 1.39 bits per heavy atom. The lowest BCUT2D eigenvalue weighted by Crippen LogP contribution is -2.24. The van der Waals surface area contributed by atoms with E-state index in [2.05, 4.69) is 63.0 Å². The van der Waals surface area contributed by atoms with Crippen molar-refractivity contribution in [3.05, 3.63) is 34.3 Å². The summed E-state index contributed by atoms with van der Waals surface area (Å²) in [6.45, 7) is 2.33. The molecule has 0 N–H and O–H groups in total. The van der Waals surface area contributed by atoms with Gasteiger partial charge in [0, 0.05) is 9.80 Å². The van der Waals surface area contributed by atoms with Crippen LogP contribution in [0.15, 0.2) is 28.7 Å². The zero-order chi connectivity index (χ0) is 13.0. The summed E-state index contributed by atoms with van der Waals surface area (Å²) in [5.74, 6) is 0.808. The number of halogens is 2. The molecule has 100 valence electrons. The Morgan fingerprint density at radius 2 is 2.22 bits per heavy atom. The third kappa shape index (κ3) is 4.07. The molecule has 2 rings (SSSR count). The quantitative estimate of drug-likeness (QED) is 0.633. The van der Waals surface area contributed by atoms with Crippen molar-refractivity contribution in [2.75, 3.05) is 5.33 Å². The van der Waals surface area contributed by atoms with Crippen LogP contribution in [0.5, 0.6) is 0 Å². The average molecular weight is 376 g/mol. The van der Waals surface area contributed by atoms with E-state index in [0.717, 1.165) is 15.7 Å². The molecule has 3 heteroatoms. The van der Waals surface area contributed by atoms with Crippen molar-refractivity contribution in [1.82, 2.24) is 0 Å². The number of benzene rings is 1. The Balaban J connectivity index is 2.00. The first kappa shape index (κ1) is 14.5. The maximum atomic E-state index is 6.28. The molecule has 0 radical (unpaired) electrons. The van der Waals surface area contributed by atoms with E-state index in [1.165, 1.54) is 31.2 Å². The zero-order valence-electron chi connectivity index (χ0n) is 10.7. The van der Waals surface area contributed by atoms with Gasteiger partial charge in [-0.15, -0.1) is 0 Å². The van der Waals surface area contributed by atoms with Gasteiger partial charge in [0.15, 0.2) is 0 Å². The van der Waals surface area contributed by atoms with Crippen LogP contribution in [0, 0.1) is 5.92 Å². The normalized spacial score (nSPS) is 25.9. The minimum absolute atomic E-state index is 0.165. The van der Waals surface area contributed by atoms with Crippen molar-refractivity contribution >= 4 is 31.9 Å². The van der Waals surface area contributed by atoms with Crippen LogP contribution >= 0.6 is 31.9 Å². The van der Waals surface area contributed by atoms with E-state index < -0.39 is 0 Å². The molecule has 1 aliphatic carbocycles. The van der Waals surface area contributed by atoms with Gasteiger partial charge in [-0.2, -0.15) is 0 Å². The lowest BCUT2D eigenvalue weighted by Gasteiger charge is -2.30. The third-order valence-corrected chi connectivity index (χ3v) is 4.69. The predicted octanol–water partition coefficient (Wildman–Crippen LogP) is 5.48. The molecule has 0 saturated heterocycles. The third-order valence-electron chi connectivity index (χ3n) is 3.61. The second kappa shape index (κ2) is 7.06. The summed E-state index contributed by atoms with van der Waals surface area (Å²) in [5, 5.41) is 0.855. The summed E-state index contributed by atoms with van der Waals surface area (Å²) < 4.78 is 7.40. The molecule has 0 aromatic heterocycles. The number of hydrogen-bond donors (Lipinski definition) is 0. The Morgan fingerprint density at radius 3 is 2.89 bits per heavy atom. The minimum Gasteiger partial charge on any atom is -0.369 e. The zero-order valence-corrected chi connectivity index (χ0v) is 13.9. The summed E-state index contributed by atoms with van der Waals surface area (Å²) >= 11 is 7.10. The van der Waals surface area contributed by atoms with Crippen LogP contribution in [-0.4, -0.2) is 11.4 Å². The van der Waals surface area contributed by atoms with Crippen LogP contribution < -0.4 is 0 Å². The number of alkyl halides is 1. The van der Waals surface area contributed by atoms with Gasteiger partial charge in [-0.3, -0.25) is 0 Å². The van der Waals surface area contributed by atoms with Gasteiger partial charge in [0.05, 0.1) is 12.2 Å². The highest BCUT2D eigenvalue weighted by molar-refractivity contribution is 9.10. The Bertz CT molecular complexity index is 381. The first-order chi connectivity index (χ1) is 8.69. The van der Waals surface area contributed by atoms with E-state index in [0.29, 0.717) is 6.10 Å². The molecule has 0 spiro atoms. The largest absolute Gasteiger partial charge is 0.369 e. The molecule has 3 unspecified atom stereocenters. The monoisotopic (exact) mass is 374 g/mol. The molecule has 0 heterocycles. The molecule has 1 aliphatic rings. The standard InChI is InChI=1S/C15H20Br2O/c1-11-4-2-7-14(8-11)18-15(10-16)12-5-3-6-13(17)9-12/h3,5-6,9,11,14-15H,2,4,7-8,10H2,1H3. The minimum atomic E-state index is 0.165. The second-order valence-electron chi connectivity index (χ2n) is 5.23. The van der Waals surface area contributed by atoms with Gasteiger partial charge in [-0.25, -0.2) is 0 Å². The number of ether oxygens (including phenoxy) is 1. The molecule has 1 fully saturated rings. The molecular weight excluding hydrogens is 356 g/mol. The first-order valence-electron chi connectivity index (χ1n) is 6.66. The lowest BCUT2D eigenvalue weighted by atomic mass is 9.88. The molecule has 1 saturated carbocycles. The van der Waals surface area contributed by atoms with Gasteiger partial charge in [0.1, 0.15) is 0 Å². The van der Waals surface area contributed by atoms with E-state index in [9.17, 15) is 0 Å². The van der Waals surface area contributed by atoms with Gasteiger partial charge < -0.3 is 4.74 Å². The van der Waals surface area contributed by atoms with Crippen molar-refractivity contribution in [3.63, 3.8) is 0 Å². The number of rotatable bonds is 4. The van der Waals surface area contributed by atoms with Gasteiger partial charge in [-0.1, -0.05) is 63.8 Å². The highest BCUT2D eigenvalue weighted by atomic mass is 79.9. The summed E-state index contributed by atoms with van der Waals surface area (Å²) in [6, 6.07) is 8.42. The van der Waals surface area contributed by atoms with Gasteiger partial charge in [0.25, 0.3) is 0 Å². The highest BCUT2D eigenvalue weighted by Crippen LogP contribution is 2.31. The Labute approximate surface area is 127 Å². The Kier molecular flexibility index (Phi) is 5.71. The highest BCUT2D eigenvalue weighted by Gasteiger charge is 2.23. The fourth-order valence-electron chi connectivity index (χ4n) is 2.65. The topological polar surface area (TPSA) is 9.23 Å². The van der Waals surface area contributed by atoms with Crippen molar-refractivity contribution in [2.45, 2.75) is 44.8 Å². The first-order valence-corrected chi connectivity index (χ1v) is 8.57. The number of hydrogen-bond acceptors (Lipinski definition) is 1. The molecule has 0 bridgehead atoms. The van der Waals surface area contributed by atoms with Crippen LogP contribution in [0.3, 0.4) is 0 Å². The van der Waals surface area contributed by atoms with Gasteiger partial charge in [-0.05, 0) is 36.5 Å². The predicted molar refractivity (Wildman–Crippen MR) is 83.2 cm³/mol. The van der Waals surface area contributed by atoms with Gasteiger partial charge >= 0.3 is 0 Å². The van der Waals surface area contributed by atoms with Crippen molar-refractivity contribution in [3.8, 4) is 0 Å². The SMILES string of the molecule is CC1CCCC(OC(CBr)c2cccc(Br)c2)C1. The maximum absolute atomic E-state index is 6.28. The summed E-state index contributed by atoms with van der Waals surface area (Å²) in [4.78, 5) is 0. The molecule has 0 aliphatic heterocycles. The van der Waals surface area contributed by atoms with E-state index in [1.807, 2.05) is 0 Å². The van der Waals surface area contributed by atoms with Crippen LogP contribution in [0.4, 0.5) is 0 Å². The maximum Gasteiger partial charge on any atom is 0.0925 e. The lowest BCUT2D eigenvalue weighted by molar-refractivity contribution is -0.0290. The van der Waals surface area contributed by atoms with Crippen molar-refractivity contribution in [1.29, 1.82) is 0 Å². The average Bonchev–Trinajstić information content (AvgIpc) is 2.36. The van der Waals surface area contributed by atoms with Crippen LogP contribution in [0.2, 0.25) is 0 Å². The fraction of sp³-hybridized carbons (Fsp3) is 0.600. The fourth-order valence-corrected chi connectivity index (χ4v) is 3.59. The van der Waals surface area contributed by atoms with Crippen LogP contribution in [-0.2, 0) is 4.74 Å². The summed E-state index contributed by atoms with van der Waals surface area (Å²) in [7, 11) is 0. The van der Waals surface area contributed by atoms with Gasteiger partial charge in [0.2, 0.25) is 0 Å². The van der Waals surface area contributed by atoms with E-state index >= 15 is 0 Å².